The summed E-state index contributed by atoms with van der Waals surface area (Å²) >= 11 is 0. The Morgan fingerprint density at radius 3 is 1.92 bits per heavy atom. The Kier molecular flexibility index (Phi) is 3.53. The molecular formula is C7H14N2O3. The van der Waals surface area contributed by atoms with Crippen LogP contribution < -0.4 is 5.73 Å². The van der Waals surface area contributed by atoms with Crippen molar-refractivity contribution in [3.8, 4) is 0 Å². The minimum absolute atomic E-state index is 0.108. The summed E-state index contributed by atoms with van der Waals surface area (Å²) in [6.07, 6.45) is -1.15. The number of nitrogens with two attached hydrogens (primary N) is 1. The van der Waals surface area contributed by atoms with Gasteiger partial charge in [0.1, 0.15) is 6.04 Å². The molecule has 12 heavy (non-hydrogen) atoms. The zero-order valence-electron chi connectivity index (χ0n) is 7.44. The summed E-state index contributed by atoms with van der Waals surface area (Å²) in [7, 11) is 1.33. The Hall–Kier alpha value is -1.26. The van der Waals surface area contributed by atoms with Crippen LogP contribution in [0.25, 0.3) is 0 Å². The van der Waals surface area contributed by atoms with Crippen molar-refractivity contribution in [3.63, 3.8) is 0 Å². The van der Waals surface area contributed by atoms with Crippen molar-refractivity contribution in [2.75, 3.05) is 7.05 Å². The molecule has 5 heteroatoms. The summed E-state index contributed by atoms with van der Waals surface area (Å²) in [6.45, 7) is 3.49. The van der Waals surface area contributed by atoms with Gasteiger partial charge in [0, 0.05) is 7.05 Å². The summed E-state index contributed by atoms with van der Waals surface area (Å²) in [5.41, 5.74) is 5.03. The molecule has 0 saturated heterocycles. The largest absolute Gasteiger partial charge is 0.465 e. The van der Waals surface area contributed by atoms with E-state index in [2.05, 4.69) is 0 Å². The summed E-state index contributed by atoms with van der Waals surface area (Å²) in [5, 5.41) is 8.57. The number of hydrogen-bond acceptors (Lipinski definition) is 2. The highest BCUT2D eigenvalue weighted by Gasteiger charge is 2.27. The molecule has 0 aromatic carbocycles. The second-order valence-corrected chi connectivity index (χ2v) is 2.98. The van der Waals surface area contributed by atoms with Gasteiger partial charge in [-0.3, -0.25) is 9.69 Å². The molecule has 0 bridgehead atoms. The number of carboxylic acid groups (broad SMARTS) is 1. The fraction of sp³-hybridized carbons (Fsp3) is 0.714. The first-order valence-electron chi connectivity index (χ1n) is 3.63. The third-order valence-corrected chi connectivity index (χ3v) is 1.64. The van der Waals surface area contributed by atoms with Gasteiger partial charge in [0.25, 0.3) is 0 Å². The monoisotopic (exact) mass is 174 g/mol. The van der Waals surface area contributed by atoms with E-state index < -0.39 is 18.0 Å². The summed E-state index contributed by atoms with van der Waals surface area (Å²) < 4.78 is 0. The molecule has 3 N–H and O–H groups in total. The van der Waals surface area contributed by atoms with Crippen LogP contribution in [0.2, 0.25) is 0 Å². The lowest BCUT2D eigenvalue weighted by molar-refractivity contribution is -0.123. The first-order chi connectivity index (χ1) is 5.37. The minimum atomic E-state index is -1.15. The smallest absolute Gasteiger partial charge is 0.407 e. The Labute approximate surface area is 71.1 Å². The summed E-state index contributed by atoms with van der Waals surface area (Å²) in [4.78, 5) is 22.2. The minimum Gasteiger partial charge on any atom is -0.465 e. The second-order valence-electron chi connectivity index (χ2n) is 2.98. The van der Waals surface area contributed by atoms with Crippen LogP contribution in [0.15, 0.2) is 0 Å². The van der Waals surface area contributed by atoms with Crippen LogP contribution in [0.3, 0.4) is 0 Å². The molecule has 2 amide bonds. The molecule has 0 heterocycles. The van der Waals surface area contributed by atoms with E-state index in [1.165, 1.54) is 7.05 Å². The maximum atomic E-state index is 10.8. The van der Waals surface area contributed by atoms with E-state index in [1.54, 1.807) is 13.8 Å². The molecule has 0 aliphatic carbocycles. The fourth-order valence-electron chi connectivity index (χ4n) is 1.09. The molecule has 0 aromatic heterocycles. The van der Waals surface area contributed by atoms with Crippen molar-refractivity contribution in [2.45, 2.75) is 19.9 Å². The van der Waals surface area contributed by atoms with E-state index in [0.29, 0.717) is 0 Å². The lowest BCUT2D eigenvalue weighted by Gasteiger charge is -2.25. The highest BCUT2D eigenvalue weighted by Crippen LogP contribution is 2.08. The predicted molar refractivity (Wildman–Crippen MR) is 43.6 cm³/mol. The zero-order valence-corrected chi connectivity index (χ0v) is 7.44. The van der Waals surface area contributed by atoms with Crippen molar-refractivity contribution in [1.29, 1.82) is 0 Å². The molecule has 0 aromatic rings. The molecule has 0 aliphatic heterocycles. The van der Waals surface area contributed by atoms with Gasteiger partial charge >= 0.3 is 6.09 Å². The summed E-state index contributed by atoms with van der Waals surface area (Å²) in [5.74, 6) is -0.724. The molecule has 0 radical (unpaired) electrons. The normalized spacial score (nSPS) is 12.7. The number of carbonyl (C=O) groups is 2. The molecule has 0 spiro atoms. The van der Waals surface area contributed by atoms with Crippen molar-refractivity contribution >= 4 is 12.0 Å². The van der Waals surface area contributed by atoms with Crippen molar-refractivity contribution < 1.29 is 14.7 Å². The van der Waals surface area contributed by atoms with E-state index in [4.69, 9.17) is 10.8 Å². The number of hydrogen-bond donors (Lipinski definition) is 2. The van der Waals surface area contributed by atoms with Crippen molar-refractivity contribution in [2.24, 2.45) is 11.7 Å². The second kappa shape index (κ2) is 3.94. The van der Waals surface area contributed by atoms with Crippen LogP contribution in [-0.2, 0) is 4.79 Å². The number of primary amides is 1. The van der Waals surface area contributed by atoms with Gasteiger partial charge in [-0.15, -0.1) is 0 Å². The van der Waals surface area contributed by atoms with Gasteiger partial charge < -0.3 is 10.8 Å². The molecular weight excluding hydrogens is 160 g/mol. The SMILES string of the molecule is CC(C)[C@@H](C(N)=O)N(C)C(=O)O. The Balaban J connectivity index is 4.51. The molecule has 0 fully saturated rings. The van der Waals surface area contributed by atoms with Crippen molar-refractivity contribution in [3.05, 3.63) is 0 Å². The third kappa shape index (κ3) is 2.41. The molecule has 0 rings (SSSR count). The molecule has 0 saturated carbocycles. The summed E-state index contributed by atoms with van der Waals surface area (Å²) in [6, 6.07) is -0.748. The van der Waals surface area contributed by atoms with Crippen LogP contribution in [0.4, 0.5) is 4.79 Å². The number of amides is 2. The highest BCUT2D eigenvalue weighted by atomic mass is 16.4. The number of likely N-dealkylation sites (N-methyl/N-ethyl adjacent to an activating group) is 1. The van der Waals surface area contributed by atoms with Crippen LogP contribution in [0, 0.1) is 5.92 Å². The standard InChI is InChI=1S/C7H14N2O3/c1-4(2)5(6(8)10)9(3)7(11)12/h4-5H,1-3H3,(H2,8,10)(H,11,12)/t5-/m0/s1. The lowest BCUT2D eigenvalue weighted by atomic mass is 10.0. The first kappa shape index (κ1) is 10.7. The average molecular weight is 174 g/mol. The maximum absolute atomic E-state index is 10.8. The zero-order chi connectivity index (χ0) is 9.89. The van der Waals surface area contributed by atoms with Gasteiger partial charge in [-0.05, 0) is 5.92 Å². The highest BCUT2D eigenvalue weighted by molar-refractivity contribution is 5.83. The van der Waals surface area contributed by atoms with Crippen LogP contribution >= 0.6 is 0 Å². The number of carbonyl (C=O) groups excluding carboxylic acids is 1. The average Bonchev–Trinajstić information content (AvgIpc) is 1.85. The van der Waals surface area contributed by atoms with Gasteiger partial charge in [-0.1, -0.05) is 13.8 Å². The van der Waals surface area contributed by atoms with Gasteiger partial charge in [0.2, 0.25) is 5.91 Å². The maximum Gasteiger partial charge on any atom is 0.407 e. The van der Waals surface area contributed by atoms with E-state index >= 15 is 0 Å². The Bertz CT molecular complexity index is 191. The first-order valence-corrected chi connectivity index (χ1v) is 3.63. The predicted octanol–water partition coefficient (Wildman–Crippen LogP) is 0.106. The van der Waals surface area contributed by atoms with Crippen LogP contribution in [0.1, 0.15) is 13.8 Å². The number of nitrogens with zero attached hydrogens (tertiary/aromatic N) is 1. The van der Waals surface area contributed by atoms with Gasteiger partial charge in [-0.25, -0.2) is 4.79 Å². The molecule has 70 valence electrons. The molecule has 5 nitrogen and oxygen atoms in total. The molecule has 0 unspecified atom stereocenters. The van der Waals surface area contributed by atoms with E-state index in [9.17, 15) is 9.59 Å². The quantitative estimate of drug-likeness (QED) is 0.636. The van der Waals surface area contributed by atoms with Gasteiger partial charge in [-0.2, -0.15) is 0 Å². The Morgan fingerprint density at radius 2 is 1.83 bits per heavy atom. The van der Waals surface area contributed by atoms with Gasteiger partial charge in [0.05, 0.1) is 0 Å². The van der Waals surface area contributed by atoms with Crippen LogP contribution in [0.5, 0.6) is 0 Å². The fourth-order valence-corrected chi connectivity index (χ4v) is 1.09. The topological polar surface area (TPSA) is 83.6 Å². The van der Waals surface area contributed by atoms with E-state index in [0.717, 1.165) is 4.90 Å². The molecule has 0 aliphatic rings. The lowest BCUT2D eigenvalue weighted by Crippen LogP contribution is -2.48. The third-order valence-electron chi connectivity index (χ3n) is 1.64. The van der Waals surface area contributed by atoms with Crippen LogP contribution in [-0.4, -0.2) is 35.1 Å². The molecule has 1 atom stereocenters. The number of rotatable bonds is 3. The van der Waals surface area contributed by atoms with Gasteiger partial charge in [0.15, 0.2) is 0 Å². The van der Waals surface area contributed by atoms with E-state index in [1.807, 2.05) is 0 Å². The van der Waals surface area contributed by atoms with E-state index in [-0.39, 0.29) is 5.92 Å². The Morgan fingerprint density at radius 1 is 1.42 bits per heavy atom. The van der Waals surface area contributed by atoms with Crippen molar-refractivity contribution in [1.82, 2.24) is 4.90 Å².